The van der Waals surface area contributed by atoms with Gasteiger partial charge in [0.1, 0.15) is 5.75 Å². The minimum absolute atomic E-state index is 0.298. The van der Waals surface area contributed by atoms with Gasteiger partial charge in [0.25, 0.3) is 0 Å². The number of thioether (sulfide) groups is 1. The van der Waals surface area contributed by atoms with Crippen molar-refractivity contribution >= 4 is 17.7 Å². The number of hydrazine groups is 1. The molecule has 0 aliphatic heterocycles. The number of hydrogen-bond donors (Lipinski definition) is 2. The molecule has 0 aliphatic rings. The highest BCUT2D eigenvalue weighted by atomic mass is 32.2. The third kappa shape index (κ3) is 4.52. The van der Waals surface area contributed by atoms with Crippen molar-refractivity contribution in [1.29, 1.82) is 0 Å². The first kappa shape index (κ1) is 12.8. The molecule has 0 heterocycles. The number of ether oxygens (including phenoxy) is 1. The second kappa shape index (κ2) is 7.10. The van der Waals surface area contributed by atoms with E-state index in [-0.39, 0.29) is 5.97 Å². The molecule has 0 bridgehead atoms. The van der Waals surface area contributed by atoms with Crippen LogP contribution in [0.5, 0.6) is 5.75 Å². The zero-order valence-corrected chi connectivity index (χ0v) is 9.75. The van der Waals surface area contributed by atoms with E-state index in [0.717, 1.165) is 10.6 Å². The molecule has 0 amide bonds. The molecule has 1 aromatic carbocycles. The van der Waals surface area contributed by atoms with E-state index < -0.39 is 0 Å². The highest BCUT2D eigenvalue weighted by molar-refractivity contribution is 7.99. The van der Waals surface area contributed by atoms with E-state index >= 15 is 0 Å². The number of methoxy groups -OCH3 is 1. The van der Waals surface area contributed by atoms with Crippen LogP contribution in [0.1, 0.15) is 6.42 Å². The Hall–Kier alpha value is -1.24. The standard InChI is InChI=1S/C10H14N2O3S/c1-14-8-3-2-4-9(7-8)16-6-5-10(13)15-12-11/h2-4,7,12H,5-6,11H2,1H3. The van der Waals surface area contributed by atoms with Crippen LogP contribution in [0.2, 0.25) is 0 Å². The van der Waals surface area contributed by atoms with E-state index in [2.05, 4.69) is 4.84 Å². The van der Waals surface area contributed by atoms with E-state index in [0.29, 0.717) is 12.2 Å². The summed E-state index contributed by atoms with van der Waals surface area (Å²) in [5, 5.41) is 0. The average molecular weight is 242 g/mol. The van der Waals surface area contributed by atoms with E-state index in [9.17, 15) is 4.79 Å². The topological polar surface area (TPSA) is 73.6 Å². The quantitative estimate of drug-likeness (QED) is 0.442. The molecule has 16 heavy (non-hydrogen) atoms. The van der Waals surface area contributed by atoms with Crippen molar-refractivity contribution in [3.8, 4) is 5.75 Å². The Balaban J connectivity index is 2.34. The zero-order chi connectivity index (χ0) is 11.8. The highest BCUT2D eigenvalue weighted by Crippen LogP contribution is 2.23. The van der Waals surface area contributed by atoms with E-state index in [1.54, 1.807) is 18.9 Å². The van der Waals surface area contributed by atoms with Crippen molar-refractivity contribution in [2.75, 3.05) is 12.9 Å². The molecule has 3 N–H and O–H groups in total. The summed E-state index contributed by atoms with van der Waals surface area (Å²) in [4.78, 5) is 16.4. The van der Waals surface area contributed by atoms with Gasteiger partial charge in [-0.05, 0) is 18.2 Å². The Morgan fingerprint density at radius 1 is 1.56 bits per heavy atom. The van der Waals surface area contributed by atoms with Gasteiger partial charge in [0.05, 0.1) is 13.5 Å². The minimum atomic E-state index is -0.377. The van der Waals surface area contributed by atoms with Gasteiger partial charge in [-0.15, -0.1) is 11.8 Å². The van der Waals surface area contributed by atoms with Crippen LogP contribution in [0.3, 0.4) is 0 Å². The number of carbonyl (C=O) groups is 1. The molecule has 0 fully saturated rings. The SMILES string of the molecule is COc1cccc(SCCC(=O)ONN)c1. The van der Waals surface area contributed by atoms with Gasteiger partial charge < -0.3 is 9.57 Å². The van der Waals surface area contributed by atoms with Gasteiger partial charge in [0.15, 0.2) is 0 Å². The van der Waals surface area contributed by atoms with Crippen LogP contribution in [-0.4, -0.2) is 18.8 Å². The van der Waals surface area contributed by atoms with Crippen molar-refractivity contribution in [3.63, 3.8) is 0 Å². The molecule has 0 aliphatic carbocycles. The fraction of sp³-hybridized carbons (Fsp3) is 0.300. The minimum Gasteiger partial charge on any atom is -0.497 e. The zero-order valence-electron chi connectivity index (χ0n) is 8.93. The summed E-state index contributed by atoms with van der Waals surface area (Å²) >= 11 is 1.55. The predicted molar refractivity (Wildman–Crippen MR) is 61.8 cm³/mol. The van der Waals surface area contributed by atoms with Crippen LogP contribution in [0.4, 0.5) is 0 Å². The van der Waals surface area contributed by atoms with Crippen LogP contribution in [0, 0.1) is 0 Å². The van der Waals surface area contributed by atoms with Crippen molar-refractivity contribution in [3.05, 3.63) is 24.3 Å². The maximum absolute atomic E-state index is 11.0. The monoisotopic (exact) mass is 242 g/mol. The highest BCUT2D eigenvalue weighted by Gasteiger charge is 2.03. The summed E-state index contributed by atoms with van der Waals surface area (Å²) in [6.07, 6.45) is 0.298. The lowest BCUT2D eigenvalue weighted by Crippen LogP contribution is -2.26. The Bertz CT molecular complexity index is 347. The molecular weight excluding hydrogens is 228 g/mol. The van der Waals surface area contributed by atoms with Gasteiger partial charge in [-0.2, -0.15) is 0 Å². The van der Waals surface area contributed by atoms with Crippen LogP contribution < -0.4 is 16.2 Å². The van der Waals surface area contributed by atoms with Gasteiger partial charge in [-0.3, -0.25) is 4.79 Å². The van der Waals surface area contributed by atoms with E-state index in [1.807, 2.05) is 29.9 Å². The maximum Gasteiger partial charge on any atom is 0.327 e. The molecular formula is C10H14N2O3S. The first-order valence-corrected chi connectivity index (χ1v) is 5.67. The lowest BCUT2D eigenvalue weighted by atomic mass is 10.3. The molecule has 5 nitrogen and oxygen atoms in total. The molecule has 0 radical (unpaired) electrons. The molecule has 0 atom stereocenters. The second-order valence-corrected chi connectivity index (χ2v) is 4.04. The smallest absolute Gasteiger partial charge is 0.327 e. The number of hydrogen-bond acceptors (Lipinski definition) is 6. The van der Waals surface area contributed by atoms with Crippen LogP contribution >= 0.6 is 11.8 Å². The first-order valence-electron chi connectivity index (χ1n) is 4.68. The molecule has 6 heteroatoms. The van der Waals surface area contributed by atoms with Crippen molar-refractivity contribution in [2.24, 2.45) is 5.84 Å². The van der Waals surface area contributed by atoms with Crippen LogP contribution in [0.15, 0.2) is 29.2 Å². The summed E-state index contributed by atoms with van der Waals surface area (Å²) in [5.41, 5.74) is 1.86. The summed E-state index contributed by atoms with van der Waals surface area (Å²) in [6, 6.07) is 7.65. The van der Waals surface area contributed by atoms with Gasteiger partial charge >= 0.3 is 5.97 Å². The summed E-state index contributed by atoms with van der Waals surface area (Å²) in [7, 11) is 1.62. The number of nitrogens with two attached hydrogens (primary N) is 1. The first-order chi connectivity index (χ1) is 7.76. The lowest BCUT2D eigenvalue weighted by molar-refractivity contribution is -0.150. The molecule has 88 valence electrons. The van der Waals surface area contributed by atoms with Gasteiger partial charge in [0.2, 0.25) is 0 Å². The lowest BCUT2D eigenvalue weighted by Gasteiger charge is -2.04. The average Bonchev–Trinajstić information content (AvgIpc) is 2.30. The summed E-state index contributed by atoms with van der Waals surface area (Å²) in [6.45, 7) is 0. The summed E-state index contributed by atoms with van der Waals surface area (Å²) in [5.74, 6) is 5.89. The third-order valence-corrected chi connectivity index (χ3v) is 2.78. The molecule has 0 unspecified atom stereocenters. The normalized spacial score (nSPS) is 9.88. The van der Waals surface area contributed by atoms with Crippen molar-refractivity contribution in [2.45, 2.75) is 11.3 Å². The Morgan fingerprint density at radius 2 is 2.38 bits per heavy atom. The van der Waals surface area contributed by atoms with Gasteiger partial charge in [-0.1, -0.05) is 11.7 Å². The van der Waals surface area contributed by atoms with Gasteiger partial charge in [-0.25, -0.2) is 5.84 Å². The van der Waals surface area contributed by atoms with E-state index in [4.69, 9.17) is 10.6 Å². The van der Waals surface area contributed by atoms with Gasteiger partial charge in [0, 0.05) is 10.6 Å². The predicted octanol–water partition coefficient (Wildman–Crippen LogP) is 1.10. The molecule has 0 saturated heterocycles. The molecule has 0 saturated carbocycles. The fourth-order valence-corrected chi connectivity index (χ4v) is 1.94. The molecule has 1 rings (SSSR count). The molecule has 0 aromatic heterocycles. The molecule has 0 spiro atoms. The summed E-state index contributed by atoms with van der Waals surface area (Å²) < 4.78 is 5.09. The van der Waals surface area contributed by atoms with E-state index in [1.165, 1.54) is 0 Å². The number of nitrogens with one attached hydrogen (secondary N) is 1. The van der Waals surface area contributed by atoms with Crippen LogP contribution in [0.25, 0.3) is 0 Å². The number of carbonyl (C=O) groups excluding carboxylic acids is 1. The number of benzene rings is 1. The molecule has 1 aromatic rings. The fourth-order valence-electron chi connectivity index (χ4n) is 1.06. The Kier molecular flexibility index (Phi) is 5.69. The van der Waals surface area contributed by atoms with Crippen LogP contribution in [-0.2, 0) is 9.63 Å². The maximum atomic E-state index is 11.0. The Labute approximate surface area is 98.2 Å². The Morgan fingerprint density at radius 3 is 3.06 bits per heavy atom. The number of rotatable bonds is 6. The third-order valence-electron chi connectivity index (χ3n) is 1.79. The van der Waals surface area contributed by atoms with Crippen molar-refractivity contribution in [1.82, 2.24) is 5.59 Å². The second-order valence-electron chi connectivity index (χ2n) is 2.87. The van der Waals surface area contributed by atoms with Crippen molar-refractivity contribution < 1.29 is 14.4 Å². The largest absolute Gasteiger partial charge is 0.497 e.